The first-order chi connectivity index (χ1) is 16.1. The number of hydrogen-bond acceptors (Lipinski definition) is 6. The van der Waals surface area contributed by atoms with E-state index in [2.05, 4.69) is 14.5 Å². The molecule has 5 aromatic rings. The molecule has 0 atom stereocenters. The predicted molar refractivity (Wildman–Crippen MR) is 125 cm³/mol. The number of nitrogens with zero attached hydrogens (tertiary/aromatic N) is 7. The average molecular weight is 458 g/mol. The van der Waals surface area contributed by atoms with E-state index in [1.165, 1.54) is 0 Å². The number of fused-ring (bicyclic) bond motifs is 2. The van der Waals surface area contributed by atoms with Crippen LogP contribution in [0, 0.1) is 6.92 Å². The van der Waals surface area contributed by atoms with Crippen LogP contribution >= 0.6 is 11.6 Å². The molecule has 0 spiro atoms. The monoisotopic (exact) mass is 457 g/mol. The van der Waals surface area contributed by atoms with E-state index in [0.717, 1.165) is 52.1 Å². The highest BCUT2D eigenvalue weighted by Gasteiger charge is 2.26. The maximum atomic E-state index is 11.8. The zero-order chi connectivity index (χ0) is 22.5. The van der Waals surface area contributed by atoms with Crippen LogP contribution < -0.4 is 0 Å². The SMILES string of the molecule is Cc1nc2c(-c3ccncc3)nc(-n3cnc4ccc(Cl)cc43)nc2n1C1CCC(=O)CC1. The molecule has 0 saturated heterocycles. The van der Waals surface area contributed by atoms with Gasteiger partial charge in [-0.05, 0) is 50.1 Å². The number of rotatable bonds is 3. The van der Waals surface area contributed by atoms with E-state index in [1.807, 2.05) is 41.8 Å². The summed E-state index contributed by atoms with van der Waals surface area (Å²) in [6.07, 6.45) is 7.95. The van der Waals surface area contributed by atoms with Crippen LogP contribution in [0.4, 0.5) is 0 Å². The lowest BCUT2D eigenvalue weighted by molar-refractivity contribution is -0.120. The molecule has 33 heavy (non-hydrogen) atoms. The number of imidazole rings is 2. The summed E-state index contributed by atoms with van der Waals surface area (Å²) in [7, 11) is 0. The topological polar surface area (TPSA) is 91.4 Å². The highest BCUT2D eigenvalue weighted by atomic mass is 35.5. The van der Waals surface area contributed by atoms with Gasteiger partial charge in [0.2, 0.25) is 5.95 Å². The maximum absolute atomic E-state index is 11.8. The lowest BCUT2D eigenvalue weighted by Crippen LogP contribution is -2.19. The van der Waals surface area contributed by atoms with Gasteiger partial charge in [-0.25, -0.2) is 15.0 Å². The quantitative estimate of drug-likeness (QED) is 0.383. The Labute approximate surface area is 194 Å². The third-order valence-corrected chi connectivity index (χ3v) is 6.50. The van der Waals surface area contributed by atoms with E-state index in [4.69, 9.17) is 26.6 Å². The third kappa shape index (κ3) is 3.38. The number of aryl methyl sites for hydroxylation is 1. The van der Waals surface area contributed by atoms with E-state index < -0.39 is 0 Å². The molecule has 0 N–H and O–H groups in total. The van der Waals surface area contributed by atoms with Gasteiger partial charge in [0, 0.05) is 41.9 Å². The maximum Gasteiger partial charge on any atom is 0.238 e. The molecule has 9 heteroatoms. The lowest BCUT2D eigenvalue weighted by Gasteiger charge is -2.24. The summed E-state index contributed by atoms with van der Waals surface area (Å²) in [6, 6.07) is 9.57. The zero-order valence-corrected chi connectivity index (χ0v) is 18.7. The summed E-state index contributed by atoms with van der Waals surface area (Å²) in [5, 5.41) is 0.618. The first kappa shape index (κ1) is 20.0. The van der Waals surface area contributed by atoms with E-state index in [9.17, 15) is 4.79 Å². The van der Waals surface area contributed by atoms with E-state index in [-0.39, 0.29) is 6.04 Å². The molecule has 1 aromatic carbocycles. The van der Waals surface area contributed by atoms with Crippen molar-refractivity contribution in [3.63, 3.8) is 0 Å². The van der Waals surface area contributed by atoms with Gasteiger partial charge in [0.1, 0.15) is 29.1 Å². The normalized spacial score (nSPS) is 15.0. The molecule has 0 bridgehead atoms. The number of carbonyl (C=O) groups excluding carboxylic acids is 1. The van der Waals surface area contributed by atoms with Crippen molar-refractivity contribution in [2.75, 3.05) is 0 Å². The van der Waals surface area contributed by atoms with Crippen molar-refractivity contribution in [3.05, 3.63) is 59.9 Å². The van der Waals surface area contributed by atoms with Gasteiger partial charge < -0.3 is 4.57 Å². The largest absolute Gasteiger partial charge is 0.310 e. The van der Waals surface area contributed by atoms with E-state index in [1.54, 1.807) is 18.7 Å². The summed E-state index contributed by atoms with van der Waals surface area (Å²) in [5.41, 5.74) is 4.77. The molecule has 1 aliphatic carbocycles. The number of Topliss-reactive ketones (excluding diaryl/α,β-unsaturated/α-hetero) is 1. The minimum absolute atomic E-state index is 0.176. The molecule has 164 valence electrons. The van der Waals surface area contributed by atoms with Crippen molar-refractivity contribution in [1.29, 1.82) is 0 Å². The van der Waals surface area contributed by atoms with Gasteiger partial charge in [0.25, 0.3) is 0 Å². The molecule has 1 fully saturated rings. The highest BCUT2D eigenvalue weighted by Crippen LogP contribution is 2.34. The summed E-state index contributed by atoms with van der Waals surface area (Å²) < 4.78 is 4.02. The van der Waals surface area contributed by atoms with Crippen LogP contribution in [0.2, 0.25) is 5.02 Å². The number of ketones is 1. The van der Waals surface area contributed by atoms with Gasteiger partial charge in [-0.15, -0.1) is 0 Å². The van der Waals surface area contributed by atoms with Crippen molar-refractivity contribution < 1.29 is 4.79 Å². The lowest BCUT2D eigenvalue weighted by atomic mass is 9.94. The minimum Gasteiger partial charge on any atom is -0.310 e. The third-order valence-electron chi connectivity index (χ3n) is 6.26. The van der Waals surface area contributed by atoms with Crippen molar-refractivity contribution in [2.24, 2.45) is 0 Å². The number of hydrogen-bond donors (Lipinski definition) is 0. The van der Waals surface area contributed by atoms with Crippen molar-refractivity contribution >= 4 is 39.6 Å². The van der Waals surface area contributed by atoms with E-state index >= 15 is 0 Å². The Bertz CT molecular complexity index is 1510. The van der Waals surface area contributed by atoms with Crippen molar-refractivity contribution in [3.8, 4) is 17.2 Å². The Balaban J connectivity index is 1.62. The number of benzene rings is 1. The van der Waals surface area contributed by atoms with Gasteiger partial charge in [0.05, 0.1) is 11.0 Å². The van der Waals surface area contributed by atoms with Crippen LogP contribution in [-0.4, -0.2) is 39.8 Å². The van der Waals surface area contributed by atoms with Crippen molar-refractivity contribution in [2.45, 2.75) is 38.6 Å². The summed E-state index contributed by atoms with van der Waals surface area (Å²) in [6.45, 7) is 1.99. The first-order valence-corrected chi connectivity index (χ1v) is 11.3. The molecular weight excluding hydrogens is 438 g/mol. The Hall–Kier alpha value is -3.65. The second kappa shape index (κ2) is 7.74. The fraction of sp³-hybridized carbons (Fsp3) is 0.250. The van der Waals surface area contributed by atoms with Gasteiger partial charge in [-0.1, -0.05) is 11.6 Å². The zero-order valence-electron chi connectivity index (χ0n) is 17.9. The standard InChI is InChI=1S/C24H20ClN7O/c1-14-28-22-21(15-8-10-26-11-9-15)29-24(31-13-27-19-7-2-16(25)12-20(19)31)30-23(22)32(14)17-3-5-18(33)6-4-17/h2,7-13,17H,3-6H2,1H3. The molecule has 0 amide bonds. The number of aromatic nitrogens is 7. The fourth-order valence-corrected chi connectivity index (χ4v) is 4.82. The molecule has 0 unspecified atom stereocenters. The number of pyridine rings is 1. The molecular formula is C24H20ClN7O. The Kier molecular flexibility index (Phi) is 4.69. The molecule has 4 aromatic heterocycles. The van der Waals surface area contributed by atoms with Crippen LogP contribution in [0.5, 0.6) is 0 Å². The predicted octanol–water partition coefficient (Wildman–Crippen LogP) is 4.87. The Morgan fingerprint density at radius 2 is 1.82 bits per heavy atom. The Morgan fingerprint density at radius 1 is 1.03 bits per heavy atom. The molecule has 0 aliphatic heterocycles. The van der Waals surface area contributed by atoms with E-state index in [0.29, 0.717) is 29.6 Å². The average Bonchev–Trinajstić information content (AvgIpc) is 3.39. The summed E-state index contributed by atoms with van der Waals surface area (Å²) in [5.74, 6) is 1.68. The minimum atomic E-state index is 0.176. The van der Waals surface area contributed by atoms with Crippen LogP contribution in [0.3, 0.4) is 0 Å². The van der Waals surface area contributed by atoms with Gasteiger partial charge in [-0.2, -0.15) is 4.98 Å². The van der Waals surface area contributed by atoms with Crippen LogP contribution in [-0.2, 0) is 4.79 Å². The van der Waals surface area contributed by atoms with Gasteiger partial charge in [0.15, 0.2) is 5.65 Å². The molecule has 6 rings (SSSR count). The highest BCUT2D eigenvalue weighted by molar-refractivity contribution is 6.31. The molecule has 1 saturated carbocycles. The number of halogens is 1. The molecule has 4 heterocycles. The summed E-state index contributed by atoms with van der Waals surface area (Å²) >= 11 is 6.27. The van der Waals surface area contributed by atoms with Crippen LogP contribution in [0.1, 0.15) is 37.5 Å². The second-order valence-electron chi connectivity index (χ2n) is 8.33. The smallest absolute Gasteiger partial charge is 0.238 e. The second-order valence-corrected chi connectivity index (χ2v) is 8.76. The molecule has 8 nitrogen and oxygen atoms in total. The van der Waals surface area contributed by atoms with Crippen molar-refractivity contribution in [1.82, 2.24) is 34.1 Å². The van der Waals surface area contributed by atoms with Gasteiger partial charge >= 0.3 is 0 Å². The molecule has 0 radical (unpaired) electrons. The first-order valence-electron chi connectivity index (χ1n) is 10.9. The summed E-state index contributed by atoms with van der Waals surface area (Å²) in [4.78, 5) is 35.2. The Morgan fingerprint density at radius 3 is 2.61 bits per heavy atom. The molecule has 1 aliphatic rings. The van der Waals surface area contributed by atoms with Gasteiger partial charge in [-0.3, -0.25) is 14.3 Å². The van der Waals surface area contributed by atoms with Crippen LogP contribution in [0.25, 0.3) is 39.4 Å². The fourth-order valence-electron chi connectivity index (χ4n) is 4.65. The number of carbonyl (C=O) groups is 1. The van der Waals surface area contributed by atoms with Crippen LogP contribution in [0.15, 0.2) is 49.1 Å².